The molecule has 0 radical (unpaired) electrons. The number of nitrogens with one attached hydrogen (secondary N) is 2. The summed E-state index contributed by atoms with van der Waals surface area (Å²) in [6.07, 6.45) is 15.3. The molecule has 3 aliphatic rings. The van der Waals surface area contributed by atoms with Crippen molar-refractivity contribution in [2.75, 3.05) is 51.3 Å². The summed E-state index contributed by atoms with van der Waals surface area (Å²) >= 11 is 1.65. The molecular formula is C48H52F2N8O3S. The smallest absolute Gasteiger partial charge is 0.319 e. The van der Waals surface area contributed by atoms with E-state index in [2.05, 4.69) is 59.5 Å². The molecule has 2 bridgehead atoms. The zero-order chi connectivity index (χ0) is 42.7. The van der Waals surface area contributed by atoms with Crippen LogP contribution in [0.5, 0.6) is 17.5 Å². The molecule has 0 amide bonds. The first-order valence-electron chi connectivity index (χ1n) is 21.8. The number of likely N-dealkylation sites (tertiary alicyclic amines) is 1. The van der Waals surface area contributed by atoms with Gasteiger partial charge in [-0.25, -0.2) is 13.8 Å². The Morgan fingerprint density at radius 3 is 2.55 bits per heavy atom. The first kappa shape index (κ1) is 41.9. The van der Waals surface area contributed by atoms with E-state index in [4.69, 9.17) is 20.9 Å². The standard InChI is InChI=1S/C48H52F2N8O3S/c1-4-37-40(49)14-11-30-21-35(59)23-38(42(30)37)44-43(50)45-39(25-52-44)47(58-26-33-12-13-34(27-58)54-33)56-48(55-45)61-36-15-18-57(19-16-36)17-7-5-6-8-20-60-41-22-31(9-10-32(41)24-51-3)46-29(2)53-28-62-46/h1,9-11,14,21-23,25,28,33-34,36,51,54,59H,5-8,12-13,15-20,24,26-27H2,2-3H3. The van der Waals surface area contributed by atoms with Crippen molar-refractivity contribution in [1.82, 2.24) is 35.5 Å². The van der Waals surface area contributed by atoms with E-state index in [1.807, 2.05) is 19.5 Å². The van der Waals surface area contributed by atoms with E-state index in [9.17, 15) is 9.50 Å². The number of aryl methyl sites for hydroxylation is 1. The molecule has 11 nitrogen and oxygen atoms in total. The van der Waals surface area contributed by atoms with Crippen LogP contribution in [0.2, 0.25) is 0 Å². The highest BCUT2D eigenvalue weighted by molar-refractivity contribution is 7.13. The van der Waals surface area contributed by atoms with E-state index in [0.29, 0.717) is 40.7 Å². The molecule has 3 aromatic carbocycles. The number of phenolic OH excluding ortho intramolecular Hbond substituents is 1. The summed E-state index contributed by atoms with van der Waals surface area (Å²) in [6.45, 7) is 7.71. The number of pyridine rings is 1. The summed E-state index contributed by atoms with van der Waals surface area (Å²) in [5, 5.41) is 18.8. The number of thiazole rings is 1. The third kappa shape index (κ3) is 8.77. The molecule has 3 saturated heterocycles. The molecule has 62 heavy (non-hydrogen) atoms. The van der Waals surface area contributed by atoms with Crippen LogP contribution in [0.15, 0.2) is 54.2 Å². The highest BCUT2D eigenvalue weighted by Crippen LogP contribution is 2.40. The summed E-state index contributed by atoms with van der Waals surface area (Å²) in [7, 11) is 1.95. The predicted molar refractivity (Wildman–Crippen MR) is 241 cm³/mol. The molecule has 322 valence electrons. The Bertz CT molecular complexity index is 2610. The number of terminal acetylenes is 1. The van der Waals surface area contributed by atoms with Crippen LogP contribution in [0, 0.1) is 30.9 Å². The number of aromatic nitrogens is 4. The molecule has 3 aliphatic heterocycles. The maximum Gasteiger partial charge on any atom is 0.319 e. The number of nitrogens with zero attached hydrogens (tertiary/aromatic N) is 6. The number of anilines is 1. The topological polar surface area (TPSA) is 121 Å². The first-order chi connectivity index (χ1) is 30.3. The molecule has 3 aromatic heterocycles. The third-order valence-electron chi connectivity index (χ3n) is 12.5. The molecule has 14 heteroatoms. The van der Waals surface area contributed by atoms with Crippen LogP contribution in [0.3, 0.4) is 0 Å². The lowest BCUT2D eigenvalue weighted by atomic mass is 9.96. The van der Waals surface area contributed by atoms with Crippen LogP contribution in [-0.2, 0) is 6.54 Å². The number of ether oxygens (including phenoxy) is 2. The van der Waals surface area contributed by atoms with Gasteiger partial charge >= 0.3 is 6.01 Å². The van der Waals surface area contributed by atoms with Crippen LogP contribution in [0.4, 0.5) is 14.6 Å². The van der Waals surface area contributed by atoms with E-state index >= 15 is 4.39 Å². The van der Waals surface area contributed by atoms with Crippen molar-refractivity contribution in [2.45, 2.75) is 83.0 Å². The average molecular weight is 859 g/mol. The van der Waals surface area contributed by atoms with Crippen molar-refractivity contribution in [3.05, 3.63) is 82.6 Å². The van der Waals surface area contributed by atoms with Crippen LogP contribution in [-0.4, -0.2) is 94.5 Å². The zero-order valence-corrected chi connectivity index (χ0v) is 36.0. The molecule has 2 unspecified atom stereocenters. The minimum absolute atomic E-state index is 0.0293. The molecule has 3 fully saturated rings. The van der Waals surface area contributed by atoms with E-state index in [1.165, 1.54) is 29.1 Å². The lowest BCUT2D eigenvalue weighted by Crippen LogP contribution is -2.51. The van der Waals surface area contributed by atoms with Crippen LogP contribution >= 0.6 is 11.3 Å². The molecule has 0 aliphatic carbocycles. The summed E-state index contributed by atoms with van der Waals surface area (Å²) in [5.41, 5.74) is 5.33. The third-order valence-corrected chi connectivity index (χ3v) is 13.5. The van der Waals surface area contributed by atoms with Gasteiger partial charge < -0.3 is 35.0 Å². The molecule has 6 aromatic rings. The Morgan fingerprint density at radius 1 is 0.984 bits per heavy atom. The zero-order valence-electron chi connectivity index (χ0n) is 35.2. The summed E-state index contributed by atoms with van der Waals surface area (Å²) < 4.78 is 44.8. The van der Waals surface area contributed by atoms with E-state index in [0.717, 1.165) is 113 Å². The van der Waals surface area contributed by atoms with Crippen molar-refractivity contribution >= 4 is 38.8 Å². The van der Waals surface area contributed by atoms with Crippen molar-refractivity contribution < 1.29 is 23.4 Å². The summed E-state index contributed by atoms with van der Waals surface area (Å²) in [5.74, 6) is 2.47. The maximum absolute atomic E-state index is 17.0. The average Bonchev–Trinajstić information content (AvgIpc) is 3.87. The number of hydrogen-bond acceptors (Lipinski definition) is 12. The van der Waals surface area contributed by atoms with Gasteiger partial charge in [0.25, 0.3) is 0 Å². The quantitative estimate of drug-likeness (QED) is 0.0683. The monoisotopic (exact) mass is 858 g/mol. The maximum atomic E-state index is 17.0. The second kappa shape index (κ2) is 18.5. The minimum atomic E-state index is -0.718. The van der Waals surface area contributed by atoms with Crippen LogP contribution in [0.1, 0.15) is 68.2 Å². The highest BCUT2D eigenvalue weighted by atomic mass is 32.1. The van der Waals surface area contributed by atoms with E-state index in [-0.39, 0.29) is 40.2 Å². The van der Waals surface area contributed by atoms with Gasteiger partial charge in [0.2, 0.25) is 0 Å². The Morgan fingerprint density at radius 2 is 1.79 bits per heavy atom. The normalized spacial score (nSPS) is 18.1. The number of unbranched alkanes of at least 4 members (excludes halogenated alkanes) is 3. The number of halogens is 2. The largest absolute Gasteiger partial charge is 0.508 e. The number of piperidine rings is 1. The van der Waals surface area contributed by atoms with Crippen molar-refractivity contribution in [1.29, 1.82) is 0 Å². The molecule has 0 saturated carbocycles. The fraction of sp³-hybridized carbons (Fsp3) is 0.417. The van der Waals surface area contributed by atoms with Gasteiger partial charge in [-0.2, -0.15) is 9.97 Å². The second-order valence-corrected chi connectivity index (χ2v) is 17.6. The van der Waals surface area contributed by atoms with Gasteiger partial charge in [0.1, 0.15) is 40.4 Å². The molecule has 2 atom stereocenters. The van der Waals surface area contributed by atoms with Gasteiger partial charge in [-0.3, -0.25) is 4.98 Å². The molecule has 9 rings (SSSR count). The Balaban J connectivity index is 0.843. The number of piperazine rings is 1. The number of rotatable bonds is 15. The van der Waals surface area contributed by atoms with Crippen LogP contribution < -0.4 is 25.0 Å². The Labute approximate surface area is 364 Å². The number of aromatic hydroxyl groups is 1. The number of fused-ring (bicyclic) bond motifs is 4. The SMILES string of the molecule is C#Cc1c(F)ccc2cc(O)cc(-c3ncc4c(N5CC6CCC(C5)N6)nc(OC5CCN(CCCCCCOc6cc(-c7scnc7C)ccc6CNC)CC5)nc4c3F)c12. The Hall–Kier alpha value is -5.46. The van der Waals surface area contributed by atoms with Crippen LogP contribution in [0.25, 0.3) is 43.4 Å². The number of benzene rings is 3. The fourth-order valence-corrected chi connectivity index (χ4v) is 10.1. The summed E-state index contributed by atoms with van der Waals surface area (Å²) in [6, 6.07) is 12.8. The van der Waals surface area contributed by atoms with Gasteiger partial charge in [-0.15, -0.1) is 17.8 Å². The van der Waals surface area contributed by atoms with Crippen molar-refractivity contribution in [3.8, 4) is 51.6 Å². The summed E-state index contributed by atoms with van der Waals surface area (Å²) in [4.78, 5) is 24.4. The predicted octanol–water partition coefficient (Wildman–Crippen LogP) is 8.38. The van der Waals surface area contributed by atoms with Gasteiger partial charge in [-0.05, 0) is 94.3 Å². The molecule has 3 N–H and O–H groups in total. The second-order valence-electron chi connectivity index (χ2n) is 16.8. The highest BCUT2D eigenvalue weighted by Gasteiger charge is 2.35. The fourth-order valence-electron chi connectivity index (χ4n) is 9.34. The van der Waals surface area contributed by atoms with Gasteiger partial charge in [0, 0.05) is 67.5 Å². The lowest BCUT2D eigenvalue weighted by Gasteiger charge is -2.35. The Kier molecular flexibility index (Phi) is 12.5. The van der Waals surface area contributed by atoms with Crippen molar-refractivity contribution in [2.24, 2.45) is 0 Å². The molecule has 0 spiro atoms. The minimum Gasteiger partial charge on any atom is -0.508 e. The molecular weight excluding hydrogens is 807 g/mol. The number of phenols is 1. The van der Waals surface area contributed by atoms with E-state index < -0.39 is 11.6 Å². The van der Waals surface area contributed by atoms with Gasteiger partial charge in [-0.1, -0.05) is 37.0 Å². The number of hydrogen-bond donors (Lipinski definition) is 3. The van der Waals surface area contributed by atoms with Crippen molar-refractivity contribution in [3.63, 3.8) is 0 Å². The van der Waals surface area contributed by atoms with E-state index in [1.54, 1.807) is 17.5 Å². The first-order valence-corrected chi connectivity index (χ1v) is 22.6. The molecule has 6 heterocycles. The van der Waals surface area contributed by atoms with Gasteiger partial charge in [0.05, 0.1) is 33.6 Å². The lowest BCUT2D eigenvalue weighted by molar-refractivity contribution is 0.0921. The van der Waals surface area contributed by atoms with Gasteiger partial charge in [0.15, 0.2) is 5.82 Å².